The van der Waals surface area contributed by atoms with Crippen molar-refractivity contribution in [2.75, 3.05) is 106 Å². The molecule has 0 bridgehead atoms. The predicted molar refractivity (Wildman–Crippen MR) is 276 cm³/mol. The van der Waals surface area contributed by atoms with Crippen molar-refractivity contribution in [1.82, 2.24) is 19.6 Å². The van der Waals surface area contributed by atoms with E-state index in [0.717, 1.165) is 128 Å². The van der Waals surface area contributed by atoms with Gasteiger partial charge < -0.3 is 43.0 Å². The Hall–Kier alpha value is -4.03. The van der Waals surface area contributed by atoms with Crippen molar-refractivity contribution in [3.63, 3.8) is 0 Å². The first-order chi connectivity index (χ1) is 34.8. The van der Waals surface area contributed by atoms with Gasteiger partial charge in [-0.15, -0.1) is 0 Å². The molecule has 0 aliphatic carbocycles. The van der Waals surface area contributed by atoms with Crippen LogP contribution in [0.3, 0.4) is 0 Å². The van der Waals surface area contributed by atoms with Gasteiger partial charge in [0.2, 0.25) is 0 Å². The van der Waals surface area contributed by atoms with Gasteiger partial charge in [0.1, 0.15) is 18.8 Å². The zero-order valence-electron chi connectivity index (χ0n) is 45.7. The Labute approximate surface area is 433 Å². The summed E-state index contributed by atoms with van der Waals surface area (Å²) in [4.78, 5) is 98.4. The summed E-state index contributed by atoms with van der Waals surface area (Å²) in [5, 5.41) is 0. The lowest BCUT2D eigenvalue weighted by Crippen LogP contribution is -2.52. The number of ether oxygens (including phenoxy) is 7. The van der Waals surface area contributed by atoms with E-state index in [1.807, 2.05) is 19.0 Å². The van der Waals surface area contributed by atoms with E-state index in [0.29, 0.717) is 32.2 Å². The Bertz CT molecular complexity index is 1310. The van der Waals surface area contributed by atoms with E-state index < -0.39 is 67.2 Å². The highest BCUT2D eigenvalue weighted by molar-refractivity contribution is 5.79. The normalized spacial score (nSPS) is 14.6. The van der Waals surface area contributed by atoms with Crippen molar-refractivity contribution in [1.29, 1.82) is 0 Å². The largest absolute Gasteiger partial charge is 0.465 e. The number of esters is 6. The quantitative estimate of drug-likeness (QED) is 0.0320. The van der Waals surface area contributed by atoms with Crippen LogP contribution in [0.15, 0.2) is 0 Å². The molecule has 0 aromatic rings. The van der Waals surface area contributed by atoms with Crippen LogP contribution < -0.4 is 0 Å². The summed E-state index contributed by atoms with van der Waals surface area (Å²) >= 11 is 0. The molecule has 1 rings (SSSR count). The Morgan fingerprint density at radius 1 is 0.375 bits per heavy atom. The van der Waals surface area contributed by atoms with Gasteiger partial charge in [-0.3, -0.25) is 38.6 Å². The molecule has 2 atom stereocenters. The maximum absolute atomic E-state index is 13.7. The van der Waals surface area contributed by atoms with Crippen LogP contribution in [0.4, 0.5) is 4.79 Å². The Kier molecular flexibility index (Phi) is 40.7. The molecule has 72 heavy (non-hydrogen) atoms. The van der Waals surface area contributed by atoms with Gasteiger partial charge in [0.25, 0.3) is 0 Å². The minimum absolute atomic E-state index is 0.000147. The second-order valence-electron chi connectivity index (χ2n) is 19.5. The van der Waals surface area contributed by atoms with E-state index >= 15 is 0 Å². The molecule has 0 aromatic carbocycles. The number of hydrogen-bond acceptors (Lipinski definition) is 17. The summed E-state index contributed by atoms with van der Waals surface area (Å²) in [6.07, 6.45) is 21.6. The van der Waals surface area contributed by atoms with Crippen LogP contribution in [-0.4, -0.2) is 180 Å². The topological polar surface area (TPSA) is 197 Å². The number of likely N-dealkylation sites (tertiary alicyclic amines) is 1. The molecule has 1 fully saturated rings. The highest BCUT2D eigenvalue weighted by atomic mass is 16.6. The minimum atomic E-state index is -0.975. The van der Waals surface area contributed by atoms with Crippen LogP contribution >= 0.6 is 0 Å². The molecule has 1 heterocycles. The third-order valence-corrected chi connectivity index (χ3v) is 12.2. The summed E-state index contributed by atoms with van der Waals surface area (Å²) in [6, 6.07) is 0. The van der Waals surface area contributed by atoms with Crippen LogP contribution in [0, 0.1) is 0 Å². The number of rotatable bonds is 45. The van der Waals surface area contributed by atoms with Gasteiger partial charge in [-0.25, -0.2) is 4.79 Å². The van der Waals surface area contributed by atoms with Crippen molar-refractivity contribution < 1.29 is 66.7 Å². The van der Waals surface area contributed by atoms with E-state index in [4.69, 9.17) is 33.2 Å². The fourth-order valence-corrected chi connectivity index (χ4v) is 8.07. The van der Waals surface area contributed by atoms with Crippen molar-refractivity contribution in [2.24, 2.45) is 0 Å². The number of piperidine rings is 1. The molecule has 1 aliphatic heterocycles. The van der Waals surface area contributed by atoms with Crippen molar-refractivity contribution in [2.45, 2.75) is 200 Å². The molecule has 0 radical (unpaired) electrons. The number of carbonyl (C=O) groups excluding carboxylic acids is 7. The first kappa shape index (κ1) is 66.0. The Morgan fingerprint density at radius 2 is 0.653 bits per heavy atom. The smallest absolute Gasteiger partial charge is 0.410 e. The molecule has 0 spiro atoms. The minimum Gasteiger partial charge on any atom is -0.465 e. The number of nitrogens with zero attached hydrogens (tertiary/aromatic N) is 4. The predicted octanol–water partition coefficient (Wildman–Crippen LogP) is 8.43. The second kappa shape index (κ2) is 44.5. The highest BCUT2D eigenvalue weighted by Crippen LogP contribution is 2.19. The van der Waals surface area contributed by atoms with E-state index in [1.165, 1.54) is 14.7 Å². The van der Waals surface area contributed by atoms with Gasteiger partial charge in [0.15, 0.2) is 0 Å². The van der Waals surface area contributed by atoms with Gasteiger partial charge in [-0.1, -0.05) is 156 Å². The van der Waals surface area contributed by atoms with Crippen LogP contribution in [0.1, 0.15) is 188 Å². The van der Waals surface area contributed by atoms with E-state index in [-0.39, 0.29) is 78.7 Å². The van der Waals surface area contributed by atoms with Crippen LogP contribution in [0.5, 0.6) is 0 Å². The second-order valence-corrected chi connectivity index (χ2v) is 19.5. The molecule has 18 nitrogen and oxygen atoms in total. The lowest BCUT2D eigenvalue weighted by molar-refractivity contribution is -0.163. The molecule has 1 aliphatic rings. The molecule has 1 saturated heterocycles. The average Bonchev–Trinajstić information content (AvgIpc) is 3.32. The number of amides is 1. The Balaban J connectivity index is 3.12. The SMILES string of the molecule is CCCCCCCCOC(=O)CN(CC(=O)OCCCCCCCC)CC(=O)O[C@@H]1C[C@@H](OC(=O)CN(CC(=O)OCCCCCCCC)CC(=O)OCCCCCCCC)CN(C(=O)OCCN(C)C)C1. The monoisotopic (exact) mass is 1030 g/mol. The number of unbranched alkanes of at least 4 members (excludes halogenated alkanes) is 20. The van der Waals surface area contributed by atoms with E-state index in [2.05, 4.69) is 27.7 Å². The zero-order valence-corrected chi connectivity index (χ0v) is 45.7. The molecule has 0 saturated carbocycles. The number of hydrogen-bond donors (Lipinski definition) is 0. The molecule has 0 N–H and O–H groups in total. The van der Waals surface area contributed by atoms with Crippen LogP contribution in [-0.2, 0) is 61.9 Å². The summed E-state index contributed by atoms with van der Waals surface area (Å²) < 4.78 is 39.1. The third kappa shape index (κ3) is 37.7. The van der Waals surface area contributed by atoms with Crippen LogP contribution in [0.2, 0.25) is 0 Å². The summed E-state index contributed by atoms with van der Waals surface area (Å²) in [5.41, 5.74) is 0. The number of likely N-dealkylation sites (N-methyl/N-ethyl adjacent to an activating group) is 1. The summed E-state index contributed by atoms with van der Waals surface area (Å²) in [5.74, 6) is -3.95. The van der Waals surface area contributed by atoms with Gasteiger partial charge in [-0.2, -0.15) is 0 Å². The lowest BCUT2D eigenvalue weighted by atomic mass is 10.1. The molecular formula is C54H98N4O14. The highest BCUT2D eigenvalue weighted by Gasteiger charge is 2.36. The van der Waals surface area contributed by atoms with Gasteiger partial charge >= 0.3 is 41.9 Å². The van der Waals surface area contributed by atoms with Gasteiger partial charge in [0.05, 0.1) is 78.8 Å². The molecule has 418 valence electrons. The average molecular weight is 1030 g/mol. The third-order valence-electron chi connectivity index (χ3n) is 12.2. The van der Waals surface area contributed by atoms with Crippen molar-refractivity contribution >= 4 is 41.9 Å². The van der Waals surface area contributed by atoms with E-state index in [1.54, 1.807) is 0 Å². The van der Waals surface area contributed by atoms with Crippen molar-refractivity contribution in [3.8, 4) is 0 Å². The Morgan fingerprint density at radius 3 is 0.944 bits per heavy atom. The number of carbonyl (C=O) groups is 7. The van der Waals surface area contributed by atoms with Crippen LogP contribution in [0.25, 0.3) is 0 Å². The fourth-order valence-electron chi connectivity index (χ4n) is 8.07. The summed E-state index contributed by atoms with van der Waals surface area (Å²) in [7, 11) is 3.67. The maximum atomic E-state index is 13.7. The molecule has 0 aromatic heterocycles. The zero-order chi connectivity index (χ0) is 53.0. The fraction of sp³-hybridized carbons (Fsp3) is 0.870. The summed E-state index contributed by atoms with van der Waals surface area (Å²) in [6.45, 7) is 7.47. The van der Waals surface area contributed by atoms with Crippen molar-refractivity contribution in [3.05, 3.63) is 0 Å². The van der Waals surface area contributed by atoms with Gasteiger partial charge in [0, 0.05) is 13.0 Å². The lowest BCUT2D eigenvalue weighted by Gasteiger charge is -2.36. The maximum Gasteiger partial charge on any atom is 0.410 e. The first-order valence-corrected chi connectivity index (χ1v) is 27.8. The van der Waals surface area contributed by atoms with E-state index in [9.17, 15) is 33.6 Å². The standard InChI is InChI=1S/C54H98N4O14/c1-7-11-15-19-23-27-32-66-48(59)40-56(41-49(60)67-33-28-24-20-16-12-8-2)44-52(63)71-46-37-47(39-58(38-46)54(65)70-36-31-55(5)6)72-53(64)45-57(42-50(61)68-34-29-25-21-17-13-9-3)43-51(62)69-35-30-26-22-18-14-10-4/h46-47H,7-45H2,1-6H3/t46-,47-/m1/s1. The van der Waals surface area contributed by atoms with Gasteiger partial charge in [-0.05, 0) is 39.8 Å². The molecular weight excluding hydrogens is 929 g/mol. The molecule has 1 amide bonds. The molecule has 0 unspecified atom stereocenters. The molecule has 18 heteroatoms. The first-order valence-electron chi connectivity index (χ1n) is 27.8.